The second-order valence-electron chi connectivity index (χ2n) is 7.82. The molecule has 0 radical (unpaired) electrons. The van der Waals surface area contributed by atoms with E-state index in [1.54, 1.807) is 0 Å². The summed E-state index contributed by atoms with van der Waals surface area (Å²) < 4.78 is 0. The van der Waals surface area contributed by atoms with Crippen molar-refractivity contribution in [2.75, 3.05) is 54.4 Å². The summed E-state index contributed by atoms with van der Waals surface area (Å²) in [7, 11) is 0. The lowest BCUT2D eigenvalue weighted by Gasteiger charge is -2.33. The van der Waals surface area contributed by atoms with Crippen molar-refractivity contribution >= 4 is 28.9 Å². The van der Waals surface area contributed by atoms with E-state index >= 15 is 0 Å². The van der Waals surface area contributed by atoms with E-state index in [9.17, 15) is 9.59 Å². The third kappa shape index (κ3) is 4.95. The second-order valence-corrected chi connectivity index (χ2v) is 7.82. The minimum atomic E-state index is 0.0491. The summed E-state index contributed by atoms with van der Waals surface area (Å²) in [5.74, 6) is 0.227. The van der Waals surface area contributed by atoms with Crippen molar-refractivity contribution in [1.29, 1.82) is 0 Å². The van der Waals surface area contributed by atoms with Gasteiger partial charge in [0.1, 0.15) is 0 Å². The van der Waals surface area contributed by atoms with Gasteiger partial charge in [-0.05, 0) is 42.8 Å². The molecule has 0 aliphatic carbocycles. The lowest BCUT2D eigenvalue weighted by atomic mass is 10.2. The molecule has 0 unspecified atom stereocenters. The summed E-state index contributed by atoms with van der Waals surface area (Å²) in [4.78, 5) is 29.9. The molecule has 2 aliphatic heterocycles. The third-order valence-electron chi connectivity index (χ3n) is 5.83. The highest BCUT2D eigenvalue weighted by Crippen LogP contribution is 2.23. The van der Waals surface area contributed by atoms with Crippen LogP contribution in [0.15, 0.2) is 54.6 Å². The van der Waals surface area contributed by atoms with Crippen LogP contribution in [0.2, 0.25) is 0 Å². The van der Waals surface area contributed by atoms with Gasteiger partial charge in [0, 0.05) is 30.0 Å². The molecule has 2 fully saturated rings. The number of piperazine rings is 1. The Kier molecular flexibility index (Phi) is 6.10. The Balaban J connectivity index is 1.20. The first-order valence-corrected chi connectivity index (χ1v) is 10.5. The molecule has 2 aromatic rings. The average molecular weight is 394 g/mol. The van der Waals surface area contributed by atoms with E-state index in [-0.39, 0.29) is 11.8 Å². The maximum atomic E-state index is 12.3. The maximum absolute atomic E-state index is 12.3. The minimum Gasteiger partial charge on any atom is -0.360 e. The summed E-state index contributed by atoms with van der Waals surface area (Å²) in [5, 5.41) is 2.98. The van der Waals surface area contributed by atoms with Crippen LogP contribution >= 0.6 is 0 Å². The van der Waals surface area contributed by atoms with Crippen LogP contribution in [0.3, 0.4) is 0 Å². The highest BCUT2D eigenvalue weighted by atomic mass is 16.2. The topological polar surface area (TPSA) is 57.1 Å². The number of nitrogens with one attached hydrogen (secondary N) is 2. The zero-order valence-electron chi connectivity index (χ0n) is 16.8. The number of rotatable bonds is 6. The van der Waals surface area contributed by atoms with Crippen LogP contribution < -0.4 is 20.0 Å². The molecule has 0 saturated carbocycles. The van der Waals surface area contributed by atoms with Crippen LogP contribution in [0.4, 0.5) is 17.1 Å². The maximum Gasteiger partial charge on any atom is 0.230 e. The summed E-state index contributed by atoms with van der Waals surface area (Å²) in [6.07, 6.45) is 2.06. The van der Waals surface area contributed by atoms with Gasteiger partial charge in [0.15, 0.2) is 0 Å². The highest BCUT2D eigenvalue weighted by molar-refractivity contribution is 5.96. The average Bonchev–Trinajstić information content (AvgIpc) is 3.20. The van der Waals surface area contributed by atoms with Crippen LogP contribution in [-0.4, -0.2) is 51.1 Å². The molecule has 4 rings (SSSR count). The zero-order valence-corrected chi connectivity index (χ0v) is 16.8. The monoisotopic (exact) mass is 393 g/mol. The van der Waals surface area contributed by atoms with E-state index in [1.807, 2.05) is 35.2 Å². The van der Waals surface area contributed by atoms with E-state index < -0.39 is 0 Å². The number of hydrogen-bond acceptors (Lipinski definition) is 3. The van der Waals surface area contributed by atoms with Gasteiger partial charge in [0.2, 0.25) is 11.8 Å². The fourth-order valence-corrected chi connectivity index (χ4v) is 4.13. The SMILES string of the molecule is O=C(CC[NH+]1CCN(c2ccccc2)CC1)Nc1ccc(N2CCCC2=O)cc1. The zero-order chi connectivity index (χ0) is 20.1. The molecule has 2 N–H and O–H groups in total. The predicted molar refractivity (Wildman–Crippen MR) is 115 cm³/mol. The molecule has 6 nitrogen and oxygen atoms in total. The molecule has 2 aliphatic rings. The fourth-order valence-electron chi connectivity index (χ4n) is 4.13. The number of hydrogen-bond donors (Lipinski definition) is 2. The molecular weight excluding hydrogens is 364 g/mol. The molecule has 0 spiro atoms. The molecule has 6 heteroatoms. The Bertz CT molecular complexity index is 830. The van der Waals surface area contributed by atoms with Crippen molar-refractivity contribution in [2.45, 2.75) is 19.3 Å². The predicted octanol–water partition coefficient (Wildman–Crippen LogP) is 1.55. The Labute approximate surface area is 172 Å². The first kappa shape index (κ1) is 19.5. The molecule has 0 bridgehead atoms. The summed E-state index contributed by atoms with van der Waals surface area (Å²) >= 11 is 0. The molecule has 152 valence electrons. The fraction of sp³-hybridized carbons (Fsp3) is 0.391. The standard InChI is InChI=1S/C23H28N4O2/c28-22(24-19-8-10-21(11-9-19)27-13-4-7-23(27)29)12-14-25-15-17-26(18-16-25)20-5-2-1-3-6-20/h1-3,5-6,8-11H,4,7,12-18H2,(H,24,28)/p+1. The Morgan fingerprint density at radius 1 is 0.931 bits per heavy atom. The summed E-state index contributed by atoms with van der Waals surface area (Å²) in [5.41, 5.74) is 2.98. The van der Waals surface area contributed by atoms with Crippen LogP contribution in [0.5, 0.6) is 0 Å². The Morgan fingerprint density at radius 2 is 1.66 bits per heavy atom. The summed E-state index contributed by atoms with van der Waals surface area (Å²) in [6, 6.07) is 18.1. The number of benzene rings is 2. The number of nitrogens with zero attached hydrogens (tertiary/aromatic N) is 2. The molecule has 0 aromatic heterocycles. The van der Waals surface area contributed by atoms with Crippen molar-refractivity contribution in [3.8, 4) is 0 Å². The normalized spacial score (nSPS) is 17.6. The van der Waals surface area contributed by atoms with Crippen LogP contribution in [-0.2, 0) is 9.59 Å². The highest BCUT2D eigenvalue weighted by Gasteiger charge is 2.22. The van der Waals surface area contributed by atoms with Gasteiger partial charge in [-0.2, -0.15) is 0 Å². The quantitative estimate of drug-likeness (QED) is 0.783. The van der Waals surface area contributed by atoms with Crippen molar-refractivity contribution in [3.63, 3.8) is 0 Å². The van der Waals surface area contributed by atoms with Crippen LogP contribution in [0, 0.1) is 0 Å². The van der Waals surface area contributed by atoms with Gasteiger partial charge in [0.25, 0.3) is 0 Å². The third-order valence-corrected chi connectivity index (χ3v) is 5.83. The number of carbonyl (C=O) groups is 2. The second kappa shape index (κ2) is 9.09. The molecular formula is C23H29N4O2+. The van der Waals surface area contributed by atoms with E-state index in [0.29, 0.717) is 12.8 Å². The first-order valence-electron chi connectivity index (χ1n) is 10.5. The lowest BCUT2D eigenvalue weighted by molar-refractivity contribution is -0.900. The molecule has 2 amide bonds. The number of anilines is 3. The van der Waals surface area contributed by atoms with Crippen molar-refractivity contribution < 1.29 is 14.5 Å². The van der Waals surface area contributed by atoms with Gasteiger partial charge in [0.05, 0.1) is 39.1 Å². The van der Waals surface area contributed by atoms with Gasteiger partial charge in [-0.3, -0.25) is 9.59 Å². The number of amides is 2. The van der Waals surface area contributed by atoms with Gasteiger partial charge in [-0.25, -0.2) is 0 Å². The largest absolute Gasteiger partial charge is 0.360 e. The minimum absolute atomic E-state index is 0.0491. The lowest BCUT2D eigenvalue weighted by Crippen LogP contribution is -3.15. The van der Waals surface area contributed by atoms with Gasteiger partial charge >= 0.3 is 0 Å². The summed E-state index contributed by atoms with van der Waals surface area (Å²) in [6.45, 7) is 5.80. The van der Waals surface area contributed by atoms with Crippen molar-refractivity contribution in [3.05, 3.63) is 54.6 Å². The van der Waals surface area contributed by atoms with E-state index in [0.717, 1.165) is 57.1 Å². The Hall–Kier alpha value is -2.86. The van der Waals surface area contributed by atoms with Crippen LogP contribution in [0.25, 0.3) is 0 Å². The molecule has 2 heterocycles. The number of quaternary nitrogens is 1. The van der Waals surface area contributed by atoms with Crippen LogP contribution in [0.1, 0.15) is 19.3 Å². The Morgan fingerprint density at radius 3 is 2.31 bits per heavy atom. The first-order chi connectivity index (χ1) is 14.2. The van der Waals surface area contributed by atoms with Gasteiger partial charge < -0.3 is 20.0 Å². The number of para-hydroxylation sites is 1. The van der Waals surface area contributed by atoms with E-state index in [1.165, 1.54) is 10.6 Å². The van der Waals surface area contributed by atoms with Crippen molar-refractivity contribution in [2.24, 2.45) is 0 Å². The molecule has 0 atom stereocenters. The number of carbonyl (C=O) groups excluding carboxylic acids is 2. The van der Waals surface area contributed by atoms with Gasteiger partial charge in [-0.15, -0.1) is 0 Å². The molecule has 2 saturated heterocycles. The van der Waals surface area contributed by atoms with Gasteiger partial charge in [-0.1, -0.05) is 18.2 Å². The smallest absolute Gasteiger partial charge is 0.230 e. The molecule has 2 aromatic carbocycles. The van der Waals surface area contributed by atoms with Crippen molar-refractivity contribution in [1.82, 2.24) is 0 Å². The molecule has 29 heavy (non-hydrogen) atoms. The van der Waals surface area contributed by atoms with E-state index in [2.05, 4.69) is 34.5 Å². The van der Waals surface area contributed by atoms with E-state index in [4.69, 9.17) is 0 Å².